The van der Waals surface area contributed by atoms with Crippen molar-refractivity contribution in [2.24, 2.45) is 17.3 Å². The molecule has 2 fully saturated rings. The van der Waals surface area contributed by atoms with Crippen molar-refractivity contribution in [2.45, 2.75) is 103 Å². The summed E-state index contributed by atoms with van der Waals surface area (Å²) in [7, 11) is 0. The van der Waals surface area contributed by atoms with Gasteiger partial charge < -0.3 is 10.2 Å². The number of aliphatic hydroxyl groups is 2. The molecule has 0 amide bonds. The van der Waals surface area contributed by atoms with Crippen molar-refractivity contribution in [3.05, 3.63) is 59.3 Å². The third kappa shape index (κ3) is 5.20. The molecule has 2 nitrogen and oxygen atoms in total. The van der Waals surface area contributed by atoms with Gasteiger partial charge in [0.15, 0.2) is 0 Å². The molecule has 0 aliphatic heterocycles. The minimum absolute atomic E-state index is 0.168. The molecular weight excluding hydrogens is 399 g/mol. The Morgan fingerprint density at radius 3 is 2.72 bits per heavy atom. The number of halogens is 1. The highest BCUT2D eigenvalue weighted by Gasteiger charge is 2.45. The van der Waals surface area contributed by atoms with E-state index in [-0.39, 0.29) is 11.8 Å². The van der Waals surface area contributed by atoms with Gasteiger partial charge in [0.1, 0.15) is 6.17 Å². The Morgan fingerprint density at radius 2 is 2.03 bits per heavy atom. The Balaban J connectivity index is 1.73. The highest BCUT2D eigenvalue weighted by molar-refractivity contribution is 5.40. The van der Waals surface area contributed by atoms with Crippen molar-refractivity contribution in [2.75, 3.05) is 0 Å². The van der Waals surface area contributed by atoms with Gasteiger partial charge in [0, 0.05) is 6.42 Å². The van der Waals surface area contributed by atoms with Crippen LogP contribution in [0.3, 0.4) is 0 Å². The smallest absolute Gasteiger partial charge is 0.127 e. The Kier molecular flexibility index (Phi) is 8.04. The summed E-state index contributed by atoms with van der Waals surface area (Å²) in [5, 5.41) is 20.5. The van der Waals surface area contributed by atoms with Crippen LogP contribution in [0.4, 0.5) is 4.39 Å². The van der Waals surface area contributed by atoms with Crippen LogP contribution >= 0.6 is 0 Å². The summed E-state index contributed by atoms with van der Waals surface area (Å²) < 4.78 is 14.1. The fourth-order valence-electron chi connectivity index (χ4n) is 6.15. The van der Waals surface area contributed by atoms with Crippen molar-refractivity contribution < 1.29 is 14.6 Å². The number of alkyl halides is 1. The highest BCUT2D eigenvalue weighted by atomic mass is 19.1. The maximum absolute atomic E-state index is 14.1. The maximum atomic E-state index is 14.1. The van der Waals surface area contributed by atoms with Crippen LogP contribution in [-0.4, -0.2) is 28.1 Å². The minimum atomic E-state index is -1.13. The molecule has 0 radical (unpaired) electrons. The van der Waals surface area contributed by atoms with Crippen LogP contribution in [0.25, 0.3) is 0 Å². The van der Waals surface area contributed by atoms with Gasteiger partial charge in [-0.1, -0.05) is 75.8 Å². The molecule has 3 aliphatic rings. The molecule has 2 N–H and O–H groups in total. The molecule has 3 rings (SSSR count). The van der Waals surface area contributed by atoms with E-state index in [1.165, 1.54) is 18.4 Å². The molecule has 0 heterocycles. The van der Waals surface area contributed by atoms with Gasteiger partial charge in [-0.15, -0.1) is 0 Å². The fraction of sp³-hybridized carbons (Fsp3) is 0.655. The minimum Gasteiger partial charge on any atom is -0.393 e. The molecule has 0 spiro atoms. The van der Waals surface area contributed by atoms with Gasteiger partial charge in [0.05, 0.1) is 11.7 Å². The average molecular weight is 443 g/mol. The Bertz CT molecular complexity index is 813. The summed E-state index contributed by atoms with van der Waals surface area (Å²) in [5.41, 5.74) is 3.90. The summed E-state index contributed by atoms with van der Waals surface area (Å²) in [6.07, 6.45) is 16.8. The van der Waals surface area contributed by atoms with Gasteiger partial charge >= 0.3 is 0 Å². The first-order chi connectivity index (χ1) is 15.1. The maximum Gasteiger partial charge on any atom is 0.127 e. The average Bonchev–Trinajstić information content (AvgIpc) is 3.12. The summed E-state index contributed by atoms with van der Waals surface area (Å²) in [6, 6.07) is 0. The Hall–Kier alpha value is -1.45. The van der Waals surface area contributed by atoms with Gasteiger partial charge in [-0.3, -0.25) is 0 Å². The van der Waals surface area contributed by atoms with E-state index in [1.54, 1.807) is 5.57 Å². The second-order valence-electron chi connectivity index (χ2n) is 10.6. The van der Waals surface area contributed by atoms with Crippen molar-refractivity contribution >= 4 is 0 Å². The monoisotopic (exact) mass is 442 g/mol. The lowest BCUT2D eigenvalue weighted by molar-refractivity contribution is 0.0824. The number of fused-ring (bicyclic) bond motifs is 1. The Morgan fingerprint density at radius 1 is 1.31 bits per heavy atom. The Labute approximate surface area is 194 Å². The van der Waals surface area contributed by atoms with Crippen LogP contribution in [0.1, 0.15) is 85.5 Å². The molecule has 178 valence electrons. The normalized spacial score (nSPS) is 34.9. The van der Waals surface area contributed by atoms with E-state index in [9.17, 15) is 14.6 Å². The van der Waals surface area contributed by atoms with Crippen LogP contribution < -0.4 is 0 Å². The van der Waals surface area contributed by atoms with Crippen molar-refractivity contribution in [3.63, 3.8) is 0 Å². The van der Waals surface area contributed by atoms with Crippen molar-refractivity contribution in [1.82, 2.24) is 0 Å². The number of allylic oxidation sites excluding steroid dienone is 7. The van der Waals surface area contributed by atoms with E-state index in [2.05, 4.69) is 38.7 Å². The van der Waals surface area contributed by atoms with Crippen LogP contribution in [0.15, 0.2) is 59.3 Å². The molecule has 32 heavy (non-hydrogen) atoms. The predicted molar refractivity (Wildman–Crippen MR) is 132 cm³/mol. The lowest BCUT2D eigenvalue weighted by Crippen LogP contribution is -2.32. The van der Waals surface area contributed by atoms with Crippen LogP contribution in [0, 0.1) is 17.3 Å². The summed E-state index contributed by atoms with van der Waals surface area (Å²) >= 11 is 0. The molecule has 0 aromatic heterocycles. The van der Waals surface area contributed by atoms with E-state index in [0.717, 1.165) is 37.7 Å². The molecular formula is C29H43FO2. The van der Waals surface area contributed by atoms with Gasteiger partial charge in [0.25, 0.3) is 0 Å². The lowest BCUT2D eigenvalue weighted by atomic mass is 9.62. The fourth-order valence-corrected chi connectivity index (χ4v) is 6.15. The highest BCUT2D eigenvalue weighted by Crippen LogP contribution is 2.57. The lowest BCUT2D eigenvalue weighted by Gasteiger charge is -2.42. The zero-order valence-electron chi connectivity index (χ0n) is 20.5. The second-order valence-corrected chi connectivity index (χ2v) is 10.6. The third-order valence-corrected chi connectivity index (χ3v) is 8.51. The largest absolute Gasteiger partial charge is 0.393 e. The number of aliphatic hydroxyl groups excluding tert-OH is 1. The van der Waals surface area contributed by atoms with E-state index >= 15 is 0 Å². The standard InChI is InChI=1S/C29H43FO2/c1-6-29(32,7-2)17-8-10-20(3)25-14-15-26-22(11-9-16-28(25,26)5)12-13-23-18-24(31)19-27(30)21(23)4/h8,12-14,17,20,24,26-27,31-32H,4,6-7,9-11,15-16,18-19H2,1-3,5H3/b17-8+,22-12+,23-13?/t20-,24+,26-,27-,28+/m0/s1. The number of hydrogen-bond donors (Lipinski definition) is 2. The topological polar surface area (TPSA) is 40.5 Å². The quantitative estimate of drug-likeness (QED) is 0.411. The second kappa shape index (κ2) is 10.2. The molecule has 0 unspecified atom stereocenters. The van der Waals surface area contributed by atoms with Crippen LogP contribution in [0.2, 0.25) is 0 Å². The van der Waals surface area contributed by atoms with Crippen LogP contribution in [0.5, 0.6) is 0 Å². The molecule has 3 aliphatic carbocycles. The molecule has 0 bridgehead atoms. The summed E-state index contributed by atoms with van der Waals surface area (Å²) in [6.45, 7) is 12.7. The van der Waals surface area contributed by atoms with E-state index in [1.807, 2.05) is 26.0 Å². The molecule has 0 aromatic rings. The van der Waals surface area contributed by atoms with E-state index < -0.39 is 17.9 Å². The van der Waals surface area contributed by atoms with Crippen LogP contribution in [-0.2, 0) is 0 Å². The van der Waals surface area contributed by atoms with Crippen molar-refractivity contribution in [1.29, 1.82) is 0 Å². The van der Waals surface area contributed by atoms with Gasteiger partial charge in [-0.2, -0.15) is 0 Å². The predicted octanol–water partition coefficient (Wildman–Crippen LogP) is 7.16. The number of hydrogen-bond acceptors (Lipinski definition) is 2. The molecule has 5 atom stereocenters. The first-order valence-electron chi connectivity index (χ1n) is 12.6. The zero-order chi connectivity index (χ0) is 23.5. The first-order valence-corrected chi connectivity index (χ1v) is 12.6. The number of rotatable bonds is 7. The van der Waals surface area contributed by atoms with Gasteiger partial charge in [-0.25, -0.2) is 4.39 Å². The molecule has 3 heteroatoms. The molecule has 2 saturated carbocycles. The van der Waals surface area contributed by atoms with Crippen molar-refractivity contribution in [3.8, 4) is 0 Å². The van der Waals surface area contributed by atoms with E-state index in [4.69, 9.17) is 0 Å². The third-order valence-electron chi connectivity index (χ3n) is 8.51. The van der Waals surface area contributed by atoms with E-state index in [0.29, 0.717) is 23.8 Å². The van der Waals surface area contributed by atoms with Gasteiger partial charge in [-0.05, 0) is 79.8 Å². The zero-order valence-corrected chi connectivity index (χ0v) is 20.5. The molecule has 0 aromatic carbocycles. The first kappa shape index (κ1) is 25.2. The van der Waals surface area contributed by atoms with Gasteiger partial charge in [0.2, 0.25) is 0 Å². The SMILES string of the molecule is C=C1C(=C/C=C2\CCC[C@]3(C)C([C@@H](C)C/C=C/C(O)(CC)CC)=CC[C@@H]23)C[C@@H](O)C[C@@H]1F. The summed E-state index contributed by atoms with van der Waals surface area (Å²) in [5.74, 6) is 0.957. The summed E-state index contributed by atoms with van der Waals surface area (Å²) in [4.78, 5) is 0. The molecule has 0 saturated heterocycles.